The maximum Gasteiger partial charge on any atom is 0.143 e. The van der Waals surface area contributed by atoms with Crippen LogP contribution in [0.1, 0.15) is 25.0 Å². The second-order valence-electron chi connectivity index (χ2n) is 16.1. The highest BCUT2D eigenvalue weighted by molar-refractivity contribution is 7.25. The van der Waals surface area contributed by atoms with Gasteiger partial charge in [-0.25, -0.2) is 0 Å². The number of anilines is 3. The summed E-state index contributed by atoms with van der Waals surface area (Å²) in [6.45, 7) is 4.71. The highest BCUT2D eigenvalue weighted by atomic mass is 32.1. The second-order valence-corrected chi connectivity index (χ2v) is 17.1. The molecule has 0 radical (unpaired) electrons. The van der Waals surface area contributed by atoms with Gasteiger partial charge in [0.05, 0.1) is 0 Å². The summed E-state index contributed by atoms with van der Waals surface area (Å²) in [6, 6.07) is 68.9. The average molecular weight is 760 g/mol. The zero-order valence-electron chi connectivity index (χ0n) is 32.2. The number of hydrogen-bond donors (Lipinski definition) is 0. The topological polar surface area (TPSA) is 16.4 Å². The van der Waals surface area contributed by atoms with Crippen molar-refractivity contribution in [1.29, 1.82) is 0 Å². The van der Waals surface area contributed by atoms with Crippen LogP contribution in [0.3, 0.4) is 0 Å². The Morgan fingerprint density at radius 1 is 0.431 bits per heavy atom. The number of fused-ring (bicyclic) bond motifs is 11. The molecule has 0 amide bonds. The fourth-order valence-corrected chi connectivity index (χ4v) is 10.8. The van der Waals surface area contributed by atoms with Crippen molar-refractivity contribution in [3.05, 3.63) is 199 Å². The van der Waals surface area contributed by atoms with Crippen LogP contribution in [0.5, 0.6) is 0 Å². The summed E-state index contributed by atoms with van der Waals surface area (Å²) in [6.07, 6.45) is 0. The molecule has 0 spiro atoms. The number of nitrogens with zero attached hydrogens (tertiary/aromatic N) is 1. The van der Waals surface area contributed by atoms with E-state index in [4.69, 9.17) is 4.42 Å². The summed E-state index contributed by atoms with van der Waals surface area (Å²) in [5.41, 5.74) is 15.3. The molecule has 274 valence electrons. The van der Waals surface area contributed by atoms with E-state index in [9.17, 15) is 0 Å². The normalized spacial score (nSPS) is 13.1. The first-order valence-electron chi connectivity index (χ1n) is 20.0. The quantitative estimate of drug-likeness (QED) is 0.174. The lowest BCUT2D eigenvalue weighted by molar-refractivity contribution is 0.660. The molecule has 3 heteroatoms. The molecule has 0 aliphatic heterocycles. The molecule has 9 aromatic carbocycles. The number of furan rings is 1. The molecule has 12 rings (SSSR count). The predicted octanol–water partition coefficient (Wildman–Crippen LogP) is 16.2. The summed E-state index contributed by atoms with van der Waals surface area (Å²) in [5.74, 6) is 0. The predicted molar refractivity (Wildman–Crippen MR) is 247 cm³/mol. The van der Waals surface area contributed by atoms with Gasteiger partial charge in [-0.05, 0) is 111 Å². The van der Waals surface area contributed by atoms with E-state index >= 15 is 0 Å². The summed E-state index contributed by atoms with van der Waals surface area (Å²) < 4.78 is 9.20. The van der Waals surface area contributed by atoms with Gasteiger partial charge in [0, 0.05) is 58.8 Å². The first kappa shape index (κ1) is 33.2. The van der Waals surface area contributed by atoms with Crippen LogP contribution >= 0.6 is 11.3 Å². The van der Waals surface area contributed by atoms with Gasteiger partial charge in [-0.3, -0.25) is 0 Å². The first-order valence-corrected chi connectivity index (χ1v) is 20.8. The molecule has 0 saturated heterocycles. The Bertz CT molecular complexity index is 3420. The summed E-state index contributed by atoms with van der Waals surface area (Å²) in [5, 5.41) is 7.26. The Balaban J connectivity index is 0.993. The van der Waals surface area contributed by atoms with E-state index in [2.05, 4.69) is 207 Å². The van der Waals surface area contributed by atoms with Crippen LogP contribution in [-0.4, -0.2) is 0 Å². The van der Waals surface area contributed by atoms with Gasteiger partial charge in [0.25, 0.3) is 0 Å². The van der Waals surface area contributed by atoms with Crippen molar-refractivity contribution >= 4 is 81.3 Å². The fraction of sp³-hybridized carbons (Fsp3) is 0.0545. The minimum Gasteiger partial charge on any atom is -0.455 e. The molecule has 1 aliphatic carbocycles. The van der Waals surface area contributed by atoms with E-state index < -0.39 is 0 Å². The van der Waals surface area contributed by atoms with Crippen LogP contribution in [0.15, 0.2) is 192 Å². The van der Waals surface area contributed by atoms with Crippen molar-refractivity contribution in [2.75, 3.05) is 4.90 Å². The average Bonchev–Trinajstić information content (AvgIpc) is 3.92. The lowest BCUT2D eigenvalue weighted by atomic mass is 9.82. The Hall–Kier alpha value is -6.94. The standard InChI is InChI=1S/C55H37NOS/c1-55(2)47-17-7-5-13-43(47)44-32-30-39(33-48(44)55)56(38-28-23-36(24-29-38)41-16-10-20-51-53(41)45-14-6-8-19-50(45)58-51)37-26-21-35(22-27-37)40-15-9-18-49-52(40)46-31-25-34-11-3-4-12-42(34)54(46)57-49/h3-33H,1-2H3. The monoisotopic (exact) mass is 759 g/mol. The molecule has 0 N–H and O–H groups in total. The zero-order chi connectivity index (χ0) is 38.5. The van der Waals surface area contributed by atoms with Crippen LogP contribution < -0.4 is 4.90 Å². The van der Waals surface area contributed by atoms with Crippen molar-refractivity contribution in [1.82, 2.24) is 0 Å². The van der Waals surface area contributed by atoms with Crippen molar-refractivity contribution in [2.24, 2.45) is 0 Å². The third-order valence-corrected chi connectivity index (χ3v) is 13.6. The van der Waals surface area contributed by atoms with Crippen LogP contribution in [0.2, 0.25) is 0 Å². The van der Waals surface area contributed by atoms with Crippen LogP contribution in [0, 0.1) is 0 Å². The Morgan fingerprint density at radius 2 is 1.03 bits per heavy atom. The Labute approximate surface area is 340 Å². The van der Waals surface area contributed by atoms with Gasteiger partial charge in [0.1, 0.15) is 11.2 Å². The fourth-order valence-electron chi connectivity index (χ4n) is 9.67. The third kappa shape index (κ3) is 4.90. The van der Waals surface area contributed by atoms with Gasteiger partial charge in [0.15, 0.2) is 0 Å². The first-order chi connectivity index (χ1) is 28.5. The maximum atomic E-state index is 6.56. The zero-order valence-corrected chi connectivity index (χ0v) is 33.0. The summed E-state index contributed by atoms with van der Waals surface area (Å²) >= 11 is 1.87. The molecule has 0 saturated carbocycles. The molecule has 0 fully saturated rings. The molecule has 2 heterocycles. The smallest absolute Gasteiger partial charge is 0.143 e. The lowest BCUT2D eigenvalue weighted by Gasteiger charge is -2.28. The van der Waals surface area contributed by atoms with Gasteiger partial charge in [-0.15, -0.1) is 11.3 Å². The minimum absolute atomic E-state index is 0.110. The van der Waals surface area contributed by atoms with Crippen LogP contribution in [0.4, 0.5) is 17.1 Å². The molecule has 2 nitrogen and oxygen atoms in total. The van der Waals surface area contributed by atoms with Crippen molar-refractivity contribution in [2.45, 2.75) is 19.3 Å². The lowest BCUT2D eigenvalue weighted by Crippen LogP contribution is -2.16. The molecule has 0 unspecified atom stereocenters. The molecular formula is C55H37NOS. The van der Waals surface area contributed by atoms with E-state index in [1.54, 1.807) is 0 Å². The number of hydrogen-bond acceptors (Lipinski definition) is 3. The number of rotatable bonds is 5. The minimum atomic E-state index is -0.110. The van der Waals surface area contributed by atoms with Crippen molar-refractivity contribution in [3.8, 4) is 33.4 Å². The molecule has 0 bridgehead atoms. The highest BCUT2D eigenvalue weighted by Gasteiger charge is 2.35. The molecule has 0 atom stereocenters. The number of thiophene rings is 1. The third-order valence-electron chi connectivity index (χ3n) is 12.5. The van der Waals surface area contributed by atoms with E-state index in [1.165, 1.54) is 64.5 Å². The molecule has 11 aromatic rings. The van der Waals surface area contributed by atoms with E-state index in [1.807, 2.05) is 11.3 Å². The van der Waals surface area contributed by atoms with Gasteiger partial charge < -0.3 is 9.32 Å². The highest BCUT2D eigenvalue weighted by Crippen LogP contribution is 2.51. The van der Waals surface area contributed by atoms with Crippen LogP contribution in [0.25, 0.3) is 86.3 Å². The van der Waals surface area contributed by atoms with Gasteiger partial charge in [0.2, 0.25) is 0 Å². The van der Waals surface area contributed by atoms with Crippen molar-refractivity contribution < 1.29 is 4.42 Å². The molecular weight excluding hydrogens is 723 g/mol. The number of benzene rings is 9. The van der Waals surface area contributed by atoms with Gasteiger partial charge in [-0.2, -0.15) is 0 Å². The van der Waals surface area contributed by atoms with Crippen LogP contribution in [-0.2, 0) is 5.41 Å². The molecule has 58 heavy (non-hydrogen) atoms. The second kappa shape index (κ2) is 12.5. The van der Waals surface area contributed by atoms with Gasteiger partial charge >= 0.3 is 0 Å². The SMILES string of the molecule is CC1(C)c2ccccc2-c2ccc(N(c3ccc(-c4cccc5oc6c7ccccc7ccc6c45)cc3)c3ccc(-c4cccc5sc6ccccc6c45)cc3)cc21. The van der Waals surface area contributed by atoms with E-state index in [-0.39, 0.29) is 5.41 Å². The van der Waals surface area contributed by atoms with E-state index in [0.29, 0.717) is 0 Å². The maximum absolute atomic E-state index is 6.56. The molecule has 1 aliphatic rings. The largest absolute Gasteiger partial charge is 0.455 e. The molecule has 2 aromatic heterocycles. The Morgan fingerprint density at radius 3 is 1.83 bits per heavy atom. The van der Waals surface area contributed by atoms with Crippen molar-refractivity contribution in [3.63, 3.8) is 0 Å². The summed E-state index contributed by atoms with van der Waals surface area (Å²) in [4.78, 5) is 2.41. The van der Waals surface area contributed by atoms with Gasteiger partial charge in [-0.1, -0.05) is 141 Å². The van der Waals surface area contributed by atoms with E-state index in [0.717, 1.165) is 50.0 Å². The summed E-state index contributed by atoms with van der Waals surface area (Å²) in [7, 11) is 0. The Kier molecular flexibility index (Phi) is 7.18.